The van der Waals surface area contributed by atoms with Crippen LogP contribution in [0.25, 0.3) is 0 Å². The fourth-order valence-electron chi connectivity index (χ4n) is 2.93. The Labute approximate surface area is 127 Å². The second-order valence-electron chi connectivity index (χ2n) is 5.08. The van der Waals surface area contributed by atoms with E-state index >= 15 is 0 Å². The number of rotatable bonds is 0. The second-order valence-corrected chi connectivity index (χ2v) is 5.86. The molecule has 114 valence electrons. The zero-order valence-corrected chi connectivity index (χ0v) is 11.8. The molecule has 1 heterocycles. The molecule has 21 heavy (non-hydrogen) atoms. The summed E-state index contributed by atoms with van der Waals surface area (Å²) in [6, 6.07) is 2.89. The number of nitrogens with one attached hydrogen (secondary N) is 1. The molecule has 0 saturated heterocycles. The van der Waals surface area contributed by atoms with Crippen LogP contribution in [0.4, 0.5) is 23.2 Å². The van der Waals surface area contributed by atoms with Crippen LogP contribution in [0, 0.1) is 5.92 Å². The molecule has 0 bridgehead atoms. The van der Waals surface area contributed by atoms with E-state index in [4.69, 9.17) is 23.2 Å². The summed E-state index contributed by atoms with van der Waals surface area (Å²) in [5.74, 6) is -3.94. The summed E-state index contributed by atoms with van der Waals surface area (Å²) in [5.41, 5.74) is 0.273. The summed E-state index contributed by atoms with van der Waals surface area (Å²) in [4.78, 5) is 0. The van der Waals surface area contributed by atoms with Gasteiger partial charge in [0.25, 0.3) is 0 Å². The van der Waals surface area contributed by atoms with Crippen LogP contribution < -0.4 is 5.32 Å². The van der Waals surface area contributed by atoms with Gasteiger partial charge in [-0.3, -0.25) is 0 Å². The molecule has 0 amide bonds. The van der Waals surface area contributed by atoms with Gasteiger partial charge in [-0.1, -0.05) is 23.2 Å². The summed E-state index contributed by atoms with van der Waals surface area (Å²) < 4.78 is 53.4. The third-order valence-corrected chi connectivity index (χ3v) is 4.70. The van der Waals surface area contributed by atoms with E-state index in [2.05, 4.69) is 5.32 Å². The number of hydrogen-bond donors (Lipinski definition) is 2. The highest BCUT2D eigenvalue weighted by atomic mass is 35.5. The Morgan fingerprint density at radius 2 is 1.90 bits per heavy atom. The number of anilines is 1. The fourth-order valence-corrected chi connectivity index (χ4v) is 3.38. The van der Waals surface area contributed by atoms with Crippen molar-refractivity contribution in [3.05, 3.63) is 39.2 Å². The quantitative estimate of drug-likeness (QED) is 0.636. The van der Waals surface area contributed by atoms with Crippen molar-refractivity contribution in [1.29, 1.82) is 0 Å². The van der Waals surface area contributed by atoms with Crippen LogP contribution >= 0.6 is 23.2 Å². The molecule has 1 aromatic rings. The summed E-state index contributed by atoms with van der Waals surface area (Å²) >= 11 is 11.9. The summed E-state index contributed by atoms with van der Waals surface area (Å²) in [7, 11) is 0. The zero-order valence-electron chi connectivity index (χ0n) is 10.3. The minimum absolute atomic E-state index is 0.0129. The Kier molecular flexibility index (Phi) is 3.29. The lowest BCUT2D eigenvalue weighted by Gasteiger charge is -2.33. The molecule has 2 N–H and O–H groups in total. The highest BCUT2D eigenvalue weighted by Gasteiger charge is 2.54. The molecule has 8 heteroatoms. The van der Waals surface area contributed by atoms with E-state index in [0.717, 1.165) is 0 Å². The number of hydrogen-bond acceptors (Lipinski definition) is 2. The largest absolute Gasteiger partial charge is 0.507 e. The van der Waals surface area contributed by atoms with Gasteiger partial charge < -0.3 is 10.4 Å². The van der Waals surface area contributed by atoms with Gasteiger partial charge in [0.05, 0.1) is 21.7 Å². The van der Waals surface area contributed by atoms with E-state index < -0.39 is 36.4 Å². The number of aliphatic hydroxyl groups is 1. The lowest BCUT2D eigenvalue weighted by molar-refractivity contribution is -0.185. The monoisotopic (exact) mass is 341 g/mol. The zero-order chi connectivity index (χ0) is 15.5. The van der Waals surface area contributed by atoms with Gasteiger partial charge in [-0.15, -0.1) is 0 Å². The minimum Gasteiger partial charge on any atom is -0.507 e. The van der Waals surface area contributed by atoms with Crippen LogP contribution in [0.3, 0.4) is 0 Å². The molecule has 2 aliphatic rings. The molecule has 3 atom stereocenters. The van der Waals surface area contributed by atoms with Gasteiger partial charge in [-0.2, -0.15) is 13.2 Å². The van der Waals surface area contributed by atoms with Crippen LogP contribution in [-0.2, 0) is 0 Å². The maximum atomic E-state index is 13.7. The van der Waals surface area contributed by atoms with Crippen molar-refractivity contribution in [1.82, 2.24) is 0 Å². The van der Waals surface area contributed by atoms with Gasteiger partial charge in [-0.25, -0.2) is 4.39 Å². The molecule has 0 aromatic heterocycles. The van der Waals surface area contributed by atoms with Crippen LogP contribution in [-0.4, -0.2) is 17.5 Å². The normalized spacial score (nSPS) is 28.2. The molecule has 1 aliphatic heterocycles. The number of benzene rings is 1. The smallest absolute Gasteiger partial charge is 0.392 e. The average molecular weight is 342 g/mol. The van der Waals surface area contributed by atoms with Gasteiger partial charge >= 0.3 is 6.18 Å². The Hall–Kier alpha value is -1.14. The van der Waals surface area contributed by atoms with Gasteiger partial charge in [0.2, 0.25) is 0 Å². The average Bonchev–Trinajstić information content (AvgIpc) is 2.77. The number of aliphatic hydroxyl groups excluding tert-OH is 1. The molecule has 1 aliphatic carbocycles. The maximum Gasteiger partial charge on any atom is 0.392 e. The van der Waals surface area contributed by atoms with E-state index in [1.165, 1.54) is 12.1 Å². The summed E-state index contributed by atoms with van der Waals surface area (Å²) in [6.07, 6.45) is -7.51. The minimum atomic E-state index is -4.62. The van der Waals surface area contributed by atoms with Gasteiger partial charge in [0.15, 0.2) is 6.17 Å². The van der Waals surface area contributed by atoms with Gasteiger partial charge in [0.1, 0.15) is 5.76 Å². The molecule has 2 nitrogen and oxygen atoms in total. The lowest BCUT2D eigenvalue weighted by Crippen LogP contribution is -2.36. The highest BCUT2D eigenvalue weighted by molar-refractivity contribution is 6.43. The molecule has 0 saturated carbocycles. The first kappa shape index (κ1) is 14.8. The Morgan fingerprint density at radius 1 is 1.24 bits per heavy atom. The standard InChI is InChI=1S/C13H9Cl2F4NO/c14-5-1-2-7-9(10(5)15)8-4(13(17,18)19)3-6(16)12(21)11(8)20-7/h1-2,4,6,8,20-21H,3H2. The van der Waals surface area contributed by atoms with Crippen molar-refractivity contribution in [2.24, 2.45) is 5.92 Å². The van der Waals surface area contributed by atoms with Crippen molar-refractivity contribution in [3.8, 4) is 0 Å². The molecule has 1 aromatic carbocycles. The van der Waals surface area contributed by atoms with Gasteiger partial charge in [-0.05, 0) is 18.6 Å². The summed E-state index contributed by atoms with van der Waals surface area (Å²) in [5, 5.41) is 12.5. The summed E-state index contributed by atoms with van der Waals surface area (Å²) in [6.45, 7) is 0. The predicted octanol–water partition coefficient (Wildman–Crippen LogP) is 5.19. The Balaban J connectivity index is 2.22. The maximum absolute atomic E-state index is 13.7. The van der Waals surface area contributed by atoms with E-state index in [-0.39, 0.29) is 21.3 Å². The lowest BCUT2D eigenvalue weighted by atomic mass is 9.77. The van der Waals surface area contributed by atoms with Gasteiger partial charge in [0, 0.05) is 17.2 Å². The second kappa shape index (κ2) is 4.68. The van der Waals surface area contributed by atoms with Crippen LogP contribution in [0.2, 0.25) is 10.0 Å². The number of halogens is 6. The Bertz CT molecular complexity index is 644. The first-order valence-corrected chi connectivity index (χ1v) is 6.86. The third-order valence-electron chi connectivity index (χ3n) is 3.88. The SMILES string of the molecule is OC1=C2Nc3ccc(Cl)c(Cl)c3C2C(C(F)(F)F)CC1F. The first-order valence-electron chi connectivity index (χ1n) is 6.10. The fraction of sp³-hybridized carbons (Fsp3) is 0.385. The van der Waals surface area contributed by atoms with Crippen molar-refractivity contribution in [3.63, 3.8) is 0 Å². The molecule has 3 unspecified atom stereocenters. The van der Waals surface area contributed by atoms with Crippen molar-refractivity contribution >= 4 is 28.9 Å². The van der Waals surface area contributed by atoms with Crippen LogP contribution in [0.15, 0.2) is 23.6 Å². The first-order chi connectivity index (χ1) is 9.71. The predicted molar refractivity (Wildman–Crippen MR) is 71.5 cm³/mol. The molecule has 0 radical (unpaired) electrons. The van der Waals surface area contributed by atoms with Crippen molar-refractivity contribution < 1.29 is 22.7 Å². The van der Waals surface area contributed by atoms with E-state index in [1.54, 1.807) is 0 Å². The topological polar surface area (TPSA) is 32.3 Å². The highest BCUT2D eigenvalue weighted by Crippen LogP contribution is 2.56. The Morgan fingerprint density at radius 3 is 2.52 bits per heavy atom. The molecular weight excluding hydrogens is 333 g/mol. The number of allylic oxidation sites excluding steroid dienone is 2. The van der Waals surface area contributed by atoms with E-state index in [1.807, 2.05) is 0 Å². The molecule has 0 spiro atoms. The van der Waals surface area contributed by atoms with Crippen LogP contribution in [0.1, 0.15) is 17.9 Å². The molecule has 0 fully saturated rings. The third kappa shape index (κ3) is 2.16. The van der Waals surface area contributed by atoms with Crippen molar-refractivity contribution in [2.45, 2.75) is 24.7 Å². The van der Waals surface area contributed by atoms with E-state index in [0.29, 0.717) is 5.69 Å². The van der Waals surface area contributed by atoms with Crippen LogP contribution in [0.5, 0.6) is 0 Å². The molecule has 3 rings (SSSR count). The number of alkyl halides is 4. The molecular formula is C13H9Cl2F4NO. The number of fused-ring (bicyclic) bond motifs is 3. The van der Waals surface area contributed by atoms with Crippen molar-refractivity contribution in [2.75, 3.05) is 5.32 Å². The van der Waals surface area contributed by atoms with E-state index in [9.17, 15) is 22.7 Å².